The molecule has 0 aromatic heterocycles. The van der Waals surface area contributed by atoms with Crippen LogP contribution < -0.4 is 0 Å². The number of amides is 1. The summed E-state index contributed by atoms with van der Waals surface area (Å²) in [6.07, 6.45) is 0.163. The highest BCUT2D eigenvalue weighted by molar-refractivity contribution is 7.90. The molecule has 1 amide bonds. The zero-order chi connectivity index (χ0) is 20.4. The number of rotatable bonds is 5. The third-order valence-electron chi connectivity index (χ3n) is 4.01. The third kappa shape index (κ3) is 5.93. The minimum absolute atomic E-state index is 0.118. The van der Waals surface area contributed by atoms with E-state index in [9.17, 15) is 23.1 Å². The van der Waals surface area contributed by atoms with E-state index in [2.05, 4.69) is 0 Å². The number of aliphatic carboxylic acids is 1. The summed E-state index contributed by atoms with van der Waals surface area (Å²) < 4.78 is 34.0. The van der Waals surface area contributed by atoms with Crippen LogP contribution in [0.3, 0.4) is 0 Å². The Balaban J connectivity index is 1.99. The zero-order valence-corrected chi connectivity index (χ0v) is 16.7. The SMILES string of the molecule is CC(C)(C)OC(=O)N1C[C@H](OCc2ccc(S(C)(=O)=O)cc2)C[C@H]1C(=O)O. The molecule has 1 aliphatic rings. The van der Waals surface area contributed by atoms with Crippen LogP contribution in [-0.4, -0.2) is 61.0 Å². The Hall–Kier alpha value is -2.13. The van der Waals surface area contributed by atoms with E-state index in [1.807, 2.05) is 0 Å². The van der Waals surface area contributed by atoms with Crippen molar-refractivity contribution in [3.05, 3.63) is 29.8 Å². The topological polar surface area (TPSA) is 110 Å². The molecule has 1 aromatic rings. The minimum atomic E-state index is -3.26. The fourth-order valence-corrected chi connectivity index (χ4v) is 3.35. The summed E-state index contributed by atoms with van der Waals surface area (Å²) in [7, 11) is -3.26. The normalized spacial score (nSPS) is 20.5. The van der Waals surface area contributed by atoms with Gasteiger partial charge in [0.25, 0.3) is 0 Å². The van der Waals surface area contributed by atoms with Gasteiger partial charge in [0.05, 0.1) is 24.2 Å². The molecule has 2 atom stereocenters. The third-order valence-corrected chi connectivity index (χ3v) is 5.14. The molecule has 1 N–H and O–H groups in total. The van der Waals surface area contributed by atoms with Crippen molar-refractivity contribution in [1.29, 1.82) is 0 Å². The van der Waals surface area contributed by atoms with E-state index in [1.54, 1.807) is 32.9 Å². The number of carbonyl (C=O) groups excluding carboxylic acids is 1. The standard InChI is InChI=1S/C18H25NO7S/c1-18(2,3)26-17(22)19-10-13(9-15(19)16(20)21)25-11-12-5-7-14(8-6-12)27(4,23)24/h5-8,13,15H,9-11H2,1-4H3,(H,20,21)/t13-,15+/m1/s1. The van der Waals surface area contributed by atoms with Crippen LogP contribution in [-0.2, 0) is 30.7 Å². The van der Waals surface area contributed by atoms with Crippen molar-refractivity contribution in [2.45, 2.75) is 56.4 Å². The molecule has 2 rings (SSSR count). The van der Waals surface area contributed by atoms with Gasteiger partial charge in [0.2, 0.25) is 0 Å². The maximum Gasteiger partial charge on any atom is 0.411 e. The molecule has 0 spiro atoms. The molecule has 0 saturated carbocycles. The van der Waals surface area contributed by atoms with Gasteiger partial charge in [0.1, 0.15) is 11.6 Å². The smallest absolute Gasteiger partial charge is 0.411 e. The first-order chi connectivity index (χ1) is 12.4. The molecule has 0 radical (unpaired) electrons. The largest absolute Gasteiger partial charge is 0.480 e. The molecule has 0 aliphatic carbocycles. The summed E-state index contributed by atoms with van der Waals surface area (Å²) in [5, 5.41) is 9.38. The van der Waals surface area contributed by atoms with Crippen molar-refractivity contribution in [2.75, 3.05) is 12.8 Å². The van der Waals surface area contributed by atoms with Gasteiger partial charge in [-0.15, -0.1) is 0 Å². The van der Waals surface area contributed by atoms with Gasteiger partial charge in [-0.25, -0.2) is 18.0 Å². The van der Waals surface area contributed by atoms with Crippen LogP contribution in [0.15, 0.2) is 29.2 Å². The first kappa shape index (κ1) is 21.2. The van der Waals surface area contributed by atoms with Gasteiger partial charge >= 0.3 is 12.1 Å². The van der Waals surface area contributed by atoms with Crippen LogP contribution >= 0.6 is 0 Å². The number of carbonyl (C=O) groups is 2. The Morgan fingerprint density at radius 1 is 1.22 bits per heavy atom. The number of likely N-dealkylation sites (tertiary alicyclic amines) is 1. The number of carboxylic acids is 1. The second kappa shape index (κ2) is 7.85. The minimum Gasteiger partial charge on any atom is -0.480 e. The predicted molar refractivity (Wildman–Crippen MR) is 97.1 cm³/mol. The Morgan fingerprint density at radius 2 is 1.81 bits per heavy atom. The Bertz CT molecular complexity index is 796. The number of benzene rings is 1. The number of hydrogen-bond acceptors (Lipinski definition) is 6. The monoisotopic (exact) mass is 399 g/mol. The molecule has 9 heteroatoms. The Morgan fingerprint density at radius 3 is 2.30 bits per heavy atom. The highest BCUT2D eigenvalue weighted by atomic mass is 32.2. The quantitative estimate of drug-likeness (QED) is 0.807. The summed E-state index contributed by atoms with van der Waals surface area (Å²) in [6.45, 7) is 5.44. The van der Waals surface area contributed by atoms with Crippen molar-refractivity contribution in [2.24, 2.45) is 0 Å². The summed E-state index contributed by atoms with van der Waals surface area (Å²) in [6, 6.07) is 5.28. The van der Waals surface area contributed by atoms with Gasteiger partial charge < -0.3 is 14.6 Å². The molecule has 1 heterocycles. The highest BCUT2D eigenvalue weighted by Gasteiger charge is 2.42. The van der Waals surface area contributed by atoms with Crippen LogP contribution in [0.1, 0.15) is 32.8 Å². The van der Waals surface area contributed by atoms with Crippen molar-refractivity contribution in [3.63, 3.8) is 0 Å². The number of ether oxygens (including phenoxy) is 2. The number of hydrogen-bond donors (Lipinski definition) is 1. The number of carboxylic acid groups (broad SMARTS) is 1. The van der Waals surface area contributed by atoms with E-state index < -0.39 is 39.6 Å². The molecule has 1 aliphatic heterocycles. The average Bonchev–Trinajstić information content (AvgIpc) is 2.95. The van der Waals surface area contributed by atoms with Crippen molar-refractivity contribution < 1.29 is 32.6 Å². The van der Waals surface area contributed by atoms with Gasteiger partial charge in [-0.3, -0.25) is 4.90 Å². The van der Waals surface area contributed by atoms with Gasteiger partial charge in [-0.05, 0) is 38.5 Å². The van der Waals surface area contributed by atoms with Gasteiger partial charge in [-0.1, -0.05) is 12.1 Å². The molecule has 8 nitrogen and oxygen atoms in total. The molecule has 1 fully saturated rings. The van der Waals surface area contributed by atoms with Crippen LogP contribution in [0, 0.1) is 0 Å². The lowest BCUT2D eigenvalue weighted by Gasteiger charge is -2.26. The number of nitrogens with zero attached hydrogens (tertiary/aromatic N) is 1. The van der Waals surface area contributed by atoms with E-state index in [-0.39, 0.29) is 24.5 Å². The summed E-state index contributed by atoms with van der Waals surface area (Å²) in [5.41, 5.74) is 0.0328. The van der Waals surface area contributed by atoms with Crippen LogP contribution in [0.4, 0.5) is 4.79 Å². The van der Waals surface area contributed by atoms with Crippen molar-refractivity contribution in [1.82, 2.24) is 4.90 Å². The lowest BCUT2D eigenvalue weighted by Crippen LogP contribution is -2.43. The average molecular weight is 399 g/mol. The maximum atomic E-state index is 12.3. The molecular weight excluding hydrogens is 374 g/mol. The van der Waals surface area contributed by atoms with E-state index in [0.717, 1.165) is 11.8 Å². The van der Waals surface area contributed by atoms with Crippen molar-refractivity contribution >= 4 is 21.9 Å². The Labute approximate surface area is 159 Å². The van der Waals surface area contributed by atoms with Crippen LogP contribution in [0.5, 0.6) is 0 Å². The zero-order valence-electron chi connectivity index (χ0n) is 15.8. The van der Waals surface area contributed by atoms with E-state index in [1.165, 1.54) is 17.0 Å². The van der Waals surface area contributed by atoms with Gasteiger partial charge in [0, 0.05) is 12.7 Å². The van der Waals surface area contributed by atoms with Crippen LogP contribution in [0.2, 0.25) is 0 Å². The maximum absolute atomic E-state index is 12.3. The van der Waals surface area contributed by atoms with Gasteiger partial charge in [0.15, 0.2) is 9.84 Å². The Kier molecular flexibility index (Phi) is 6.16. The van der Waals surface area contributed by atoms with E-state index in [4.69, 9.17) is 9.47 Å². The second-order valence-electron chi connectivity index (χ2n) is 7.57. The van der Waals surface area contributed by atoms with Crippen molar-refractivity contribution in [3.8, 4) is 0 Å². The molecular formula is C18H25NO7S. The first-order valence-electron chi connectivity index (χ1n) is 8.50. The summed E-state index contributed by atoms with van der Waals surface area (Å²) in [5.74, 6) is -1.11. The fourth-order valence-electron chi connectivity index (χ4n) is 2.72. The molecule has 1 saturated heterocycles. The second-order valence-corrected chi connectivity index (χ2v) is 9.59. The van der Waals surface area contributed by atoms with E-state index in [0.29, 0.717) is 0 Å². The molecule has 0 bridgehead atoms. The molecule has 27 heavy (non-hydrogen) atoms. The first-order valence-corrected chi connectivity index (χ1v) is 10.4. The molecule has 0 unspecified atom stereocenters. The summed E-state index contributed by atoms with van der Waals surface area (Å²) >= 11 is 0. The number of sulfone groups is 1. The predicted octanol–water partition coefficient (Wildman–Crippen LogP) is 2.07. The highest BCUT2D eigenvalue weighted by Crippen LogP contribution is 2.24. The lowest BCUT2D eigenvalue weighted by atomic mass is 10.2. The van der Waals surface area contributed by atoms with Crippen LogP contribution in [0.25, 0.3) is 0 Å². The molecule has 1 aromatic carbocycles. The van der Waals surface area contributed by atoms with E-state index >= 15 is 0 Å². The molecule has 150 valence electrons. The van der Waals surface area contributed by atoms with Gasteiger partial charge in [-0.2, -0.15) is 0 Å². The summed E-state index contributed by atoms with van der Waals surface area (Å²) in [4.78, 5) is 25.1. The lowest BCUT2D eigenvalue weighted by molar-refractivity contribution is -0.142. The fraction of sp³-hybridized carbons (Fsp3) is 0.556.